The number of hydrogen-bond acceptors (Lipinski definition) is 2. The smallest absolute Gasteiger partial charge is 0.219 e. The summed E-state index contributed by atoms with van der Waals surface area (Å²) in [5.41, 5.74) is 0. The van der Waals surface area contributed by atoms with Gasteiger partial charge in [-0.3, -0.25) is 9.69 Å². The van der Waals surface area contributed by atoms with E-state index < -0.39 is 0 Å². The van der Waals surface area contributed by atoms with Gasteiger partial charge in [0.25, 0.3) is 0 Å². The molecule has 3 nitrogen and oxygen atoms in total. The van der Waals surface area contributed by atoms with Crippen LogP contribution in [0.3, 0.4) is 0 Å². The van der Waals surface area contributed by atoms with E-state index in [1.165, 1.54) is 12.8 Å². The SMILES string of the molecule is CC(=O)N1CCN([C@H]2C[C@H](C(C)C)C2)CC1. The zero-order chi connectivity index (χ0) is 11.7. The van der Waals surface area contributed by atoms with Crippen molar-refractivity contribution in [2.45, 2.75) is 39.7 Å². The molecule has 0 aromatic carbocycles. The van der Waals surface area contributed by atoms with Crippen LogP contribution in [-0.4, -0.2) is 47.9 Å². The molecule has 2 rings (SSSR count). The molecule has 0 atom stereocenters. The molecule has 92 valence electrons. The summed E-state index contributed by atoms with van der Waals surface area (Å²) in [5.74, 6) is 2.01. The van der Waals surface area contributed by atoms with E-state index in [2.05, 4.69) is 18.7 Å². The maximum absolute atomic E-state index is 11.2. The van der Waals surface area contributed by atoms with Crippen LogP contribution in [0.2, 0.25) is 0 Å². The lowest BCUT2D eigenvalue weighted by Gasteiger charge is -2.47. The monoisotopic (exact) mass is 224 g/mol. The number of carbonyl (C=O) groups excluding carboxylic acids is 1. The van der Waals surface area contributed by atoms with Crippen LogP contribution in [-0.2, 0) is 4.79 Å². The van der Waals surface area contributed by atoms with Gasteiger partial charge in [-0.05, 0) is 24.7 Å². The summed E-state index contributed by atoms with van der Waals surface area (Å²) >= 11 is 0. The van der Waals surface area contributed by atoms with E-state index in [1.54, 1.807) is 6.92 Å². The summed E-state index contributed by atoms with van der Waals surface area (Å²) in [4.78, 5) is 15.8. The van der Waals surface area contributed by atoms with E-state index in [-0.39, 0.29) is 5.91 Å². The minimum atomic E-state index is 0.230. The molecule has 0 radical (unpaired) electrons. The molecule has 3 heteroatoms. The van der Waals surface area contributed by atoms with Gasteiger partial charge in [0.2, 0.25) is 5.91 Å². The fraction of sp³-hybridized carbons (Fsp3) is 0.923. The Labute approximate surface area is 98.8 Å². The van der Waals surface area contributed by atoms with Crippen molar-refractivity contribution in [3.63, 3.8) is 0 Å². The Morgan fingerprint density at radius 2 is 1.69 bits per heavy atom. The fourth-order valence-corrected chi connectivity index (χ4v) is 2.87. The van der Waals surface area contributed by atoms with Gasteiger partial charge >= 0.3 is 0 Å². The summed E-state index contributed by atoms with van der Waals surface area (Å²) in [5, 5.41) is 0. The van der Waals surface area contributed by atoms with Crippen LogP contribution in [0.1, 0.15) is 33.6 Å². The lowest BCUT2D eigenvalue weighted by molar-refractivity contribution is -0.131. The van der Waals surface area contributed by atoms with E-state index in [1.807, 2.05) is 4.90 Å². The van der Waals surface area contributed by atoms with Crippen molar-refractivity contribution < 1.29 is 4.79 Å². The molecule has 0 unspecified atom stereocenters. The molecule has 0 aromatic heterocycles. The van der Waals surface area contributed by atoms with Crippen LogP contribution in [0.25, 0.3) is 0 Å². The number of rotatable bonds is 2. The van der Waals surface area contributed by atoms with Crippen LogP contribution in [0.4, 0.5) is 0 Å². The molecule has 1 saturated carbocycles. The minimum Gasteiger partial charge on any atom is -0.340 e. The molecule has 1 amide bonds. The quantitative estimate of drug-likeness (QED) is 0.711. The lowest BCUT2D eigenvalue weighted by atomic mass is 9.73. The van der Waals surface area contributed by atoms with Crippen molar-refractivity contribution in [1.82, 2.24) is 9.80 Å². The first kappa shape index (κ1) is 11.9. The second-order valence-corrected chi connectivity index (χ2v) is 5.67. The van der Waals surface area contributed by atoms with Crippen molar-refractivity contribution >= 4 is 5.91 Å². The van der Waals surface area contributed by atoms with Gasteiger partial charge in [0.15, 0.2) is 0 Å². The van der Waals surface area contributed by atoms with Gasteiger partial charge in [0.1, 0.15) is 0 Å². The Kier molecular flexibility index (Phi) is 3.53. The molecule has 1 aliphatic carbocycles. The number of hydrogen-bond donors (Lipinski definition) is 0. The Hall–Kier alpha value is -0.570. The predicted molar refractivity (Wildman–Crippen MR) is 65.2 cm³/mol. The van der Waals surface area contributed by atoms with E-state index >= 15 is 0 Å². The summed E-state index contributed by atoms with van der Waals surface area (Å²) in [6.45, 7) is 10.3. The van der Waals surface area contributed by atoms with E-state index in [9.17, 15) is 4.79 Å². The second kappa shape index (κ2) is 4.74. The third-order valence-corrected chi connectivity index (χ3v) is 4.37. The zero-order valence-corrected chi connectivity index (χ0v) is 10.8. The van der Waals surface area contributed by atoms with E-state index in [0.29, 0.717) is 0 Å². The first-order valence-electron chi connectivity index (χ1n) is 6.57. The molecule has 0 aromatic rings. The van der Waals surface area contributed by atoms with Crippen LogP contribution < -0.4 is 0 Å². The van der Waals surface area contributed by atoms with Gasteiger partial charge in [-0.1, -0.05) is 13.8 Å². The van der Waals surface area contributed by atoms with E-state index in [0.717, 1.165) is 44.1 Å². The average Bonchev–Trinajstić information content (AvgIpc) is 2.15. The third kappa shape index (κ3) is 2.40. The molecular weight excluding hydrogens is 200 g/mol. The molecule has 1 heterocycles. The van der Waals surface area contributed by atoms with Gasteiger partial charge in [0, 0.05) is 39.1 Å². The maximum Gasteiger partial charge on any atom is 0.219 e. The predicted octanol–water partition coefficient (Wildman–Crippen LogP) is 1.59. The summed E-state index contributed by atoms with van der Waals surface area (Å²) in [6, 6.07) is 0.807. The molecule has 16 heavy (non-hydrogen) atoms. The molecule has 0 bridgehead atoms. The second-order valence-electron chi connectivity index (χ2n) is 5.67. The molecule has 2 aliphatic rings. The molecular formula is C13H24N2O. The third-order valence-electron chi connectivity index (χ3n) is 4.37. The van der Waals surface area contributed by atoms with Crippen molar-refractivity contribution in [3.8, 4) is 0 Å². The Balaban J connectivity index is 1.73. The molecule has 0 spiro atoms. The highest BCUT2D eigenvalue weighted by molar-refractivity contribution is 5.73. The summed E-state index contributed by atoms with van der Waals surface area (Å²) in [6.07, 6.45) is 2.75. The van der Waals surface area contributed by atoms with Crippen molar-refractivity contribution in [2.24, 2.45) is 11.8 Å². The van der Waals surface area contributed by atoms with Crippen LogP contribution in [0, 0.1) is 11.8 Å². The van der Waals surface area contributed by atoms with Crippen molar-refractivity contribution in [3.05, 3.63) is 0 Å². The largest absolute Gasteiger partial charge is 0.340 e. The highest BCUT2D eigenvalue weighted by Gasteiger charge is 2.36. The van der Waals surface area contributed by atoms with Crippen LogP contribution in [0.15, 0.2) is 0 Å². The Bertz CT molecular complexity index is 251. The summed E-state index contributed by atoms with van der Waals surface area (Å²) in [7, 11) is 0. The maximum atomic E-state index is 11.2. The van der Waals surface area contributed by atoms with Gasteiger partial charge in [-0.25, -0.2) is 0 Å². The topological polar surface area (TPSA) is 23.6 Å². The van der Waals surface area contributed by atoms with Gasteiger partial charge in [-0.15, -0.1) is 0 Å². The minimum absolute atomic E-state index is 0.230. The Morgan fingerprint density at radius 3 is 2.12 bits per heavy atom. The van der Waals surface area contributed by atoms with Gasteiger partial charge in [0.05, 0.1) is 0 Å². The Morgan fingerprint density at radius 1 is 1.12 bits per heavy atom. The molecule has 1 aliphatic heterocycles. The average molecular weight is 224 g/mol. The highest BCUT2D eigenvalue weighted by Crippen LogP contribution is 2.37. The zero-order valence-electron chi connectivity index (χ0n) is 10.8. The first-order chi connectivity index (χ1) is 7.58. The number of carbonyl (C=O) groups is 1. The van der Waals surface area contributed by atoms with Crippen LogP contribution >= 0.6 is 0 Å². The molecule has 1 saturated heterocycles. The number of nitrogens with zero attached hydrogens (tertiary/aromatic N) is 2. The standard InChI is InChI=1S/C13H24N2O/c1-10(2)12-8-13(9-12)15-6-4-14(5-7-15)11(3)16/h10,12-13H,4-9H2,1-3H3/t12-,13-. The normalized spacial score (nSPS) is 31.6. The number of piperazine rings is 1. The fourth-order valence-electron chi connectivity index (χ4n) is 2.87. The van der Waals surface area contributed by atoms with Crippen molar-refractivity contribution in [2.75, 3.05) is 26.2 Å². The van der Waals surface area contributed by atoms with Crippen LogP contribution in [0.5, 0.6) is 0 Å². The van der Waals surface area contributed by atoms with E-state index in [4.69, 9.17) is 0 Å². The number of amides is 1. The van der Waals surface area contributed by atoms with Gasteiger partial charge < -0.3 is 4.90 Å². The summed E-state index contributed by atoms with van der Waals surface area (Å²) < 4.78 is 0. The molecule has 0 N–H and O–H groups in total. The first-order valence-corrected chi connectivity index (χ1v) is 6.57. The van der Waals surface area contributed by atoms with Crippen molar-refractivity contribution in [1.29, 1.82) is 0 Å². The highest BCUT2D eigenvalue weighted by atomic mass is 16.2. The lowest BCUT2D eigenvalue weighted by Crippen LogP contribution is -2.55. The van der Waals surface area contributed by atoms with Gasteiger partial charge in [-0.2, -0.15) is 0 Å². The molecule has 2 fully saturated rings.